The number of hydrogen-bond donors (Lipinski definition) is 1. The Morgan fingerprint density at radius 1 is 1.45 bits per heavy atom. The summed E-state index contributed by atoms with van der Waals surface area (Å²) in [7, 11) is 1.42. The third kappa shape index (κ3) is 5.38. The van der Waals surface area contributed by atoms with Crippen LogP contribution in [0.2, 0.25) is 0 Å². The smallest absolute Gasteiger partial charge is 0.325 e. The van der Waals surface area contributed by atoms with E-state index in [-0.39, 0.29) is 24.2 Å². The summed E-state index contributed by atoms with van der Waals surface area (Å²) in [6.07, 6.45) is 2.92. The van der Waals surface area contributed by atoms with Crippen LogP contribution < -0.4 is 5.32 Å². The first kappa shape index (κ1) is 17.4. The number of nitrogens with one attached hydrogen (secondary N) is 1. The lowest BCUT2D eigenvalue weighted by Crippen LogP contribution is -2.54. The van der Waals surface area contributed by atoms with Gasteiger partial charge in [0.1, 0.15) is 5.54 Å². The summed E-state index contributed by atoms with van der Waals surface area (Å²) in [4.78, 5) is 12.0. The van der Waals surface area contributed by atoms with Crippen LogP contribution in [-0.4, -0.2) is 50.1 Å². The van der Waals surface area contributed by atoms with Crippen molar-refractivity contribution in [3.05, 3.63) is 0 Å². The molecule has 3 atom stereocenters. The average molecular weight is 287 g/mol. The summed E-state index contributed by atoms with van der Waals surface area (Å²) in [5.74, 6) is -0.251. The maximum absolute atomic E-state index is 12.0. The Hall–Kier alpha value is -0.650. The molecule has 20 heavy (non-hydrogen) atoms. The van der Waals surface area contributed by atoms with Crippen molar-refractivity contribution in [3.63, 3.8) is 0 Å². The molecule has 5 heteroatoms. The highest BCUT2D eigenvalue weighted by atomic mass is 16.5. The molecule has 0 aromatic rings. The van der Waals surface area contributed by atoms with E-state index >= 15 is 0 Å². The van der Waals surface area contributed by atoms with E-state index in [4.69, 9.17) is 14.2 Å². The molecule has 0 bridgehead atoms. The SMILES string of the molecule is COC(=O)C(C)(CC(C)OCC1CCCO1)NC(C)C. The monoisotopic (exact) mass is 287 g/mol. The molecule has 0 saturated carbocycles. The van der Waals surface area contributed by atoms with Crippen LogP contribution in [0, 0.1) is 0 Å². The van der Waals surface area contributed by atoms with E-state index in [1.807, 2.05) is 27.7 Å². The second-order valence-electron chi connectivity index (χ2n) is 6.11. The van der Waals surface area contributed by atoms with E-state index in [2.05, 4.69) is 5.32 Å². The van der Waals surface area contributed by atoms with E-state index < -0.39 is 5.54 Å². The molecule has 118 valence electrons. The predicted octanol–water partition coefficient (Wildman–Crippen LogP) is 1.89. The molecule has 0 aromatic carbocycles. The van der Waals surface area contributed by atoms with Gasteiger partial charge in [-0.3, -0.25) is 10.1 Å². The summed E-state index contributed by atoms with van der Waals surface area (Å²) in [6.45, 7) is 9.30. The zero-order chi connectivity index (χ0) is 15.2. The Morgan fingerprint density at radius 3 is 2.65 bits per heavy atom. The minimum Gasteiger partial charge on any atom is -0.468 e. The van der Waals surface area contributed by atoms with E-state index in [1.165, 1.54) is 7.11 Å². The van der Waals surface area contributed by atoms with Gasteiger partial charge in [-0.2, -0.15) is 0 Å². The minimum absolute atomic E-state index is 0.0328. The van der Waals surface area contributed by atoms with Crippen LogP contribution in [0.25, 0.3) is 0 Å². The fourth-order valence-electron chi connectivity index (χ4n) is 2.74. The summed E-state index contributed by atoms with van der Waals surface area (Å²) in [5.41, 5.74) is -0.723. The van der Waals surface area contributed by atoms with Gasteiger partial charge in [0.15, 0.2) is 0 Å². The number of carbonyl (C=O) groups is 1. The van der Waals surface area contributed by atoms with Crippen LogP contribution in [-0.2, 0) is 19.0 Å². The maximum Gasteiger partial charge on any atom is 0.325 e. The number of esters is 1. The molecule has 5 nitrogen and oxygen atoms in total. The number of rotatable bonds is 8. The highest BCUT2D eigenvalue weighted by Gasteiger charge is 2.36. The van der Waals surface area contributed by atoms with Gasteiger partial charge < -0.3 is 14.2 Å². The second kappa shape index (κ2) is 7.96. The van der Waals surface area contributed by atoms with E-state index in [1.54, 1.807) is 0 Å². The third-order valence-electron chi connectivity index (χ3n) is 3.53. The van der Waals surface area contributed by atoms with Crippen LogP contribution in [0.15, 0.2) is 0 Å². The van der Waals surface area contributed by atoms with Crippen molar-refractivity contribution in [2.45, 2.75) is 70.7 Å². The molecular weight excluding hydrogens is 258 g/mol. The fraction of sp³-hybridized carbons (Fsp3) is 0.933. The molecule has 3 unspecified atom stereocenters. The largest absolute Gasteiger partial charge is 0.468 e. The first-order chi connectivity index (χ1) is 9.37. The summed E-state index contributed by atoms with van der Waals surface area (Å²) in [5, 5.41) is 3.28. The highest BCUT2D eigenvalue weighted by Crippen LogP contribution is 2.19. The van der Waals surface area contributed by atoms with Crippen LogP contribution in [0.1, 0.15) is 47.0 Å². The Morgan fingerprint density at radius 2 is 2.15 bits per heavy atom. The molecule has 1 aliphatic rings. The lowest BCUT2D eigenvalue weighted by Gasteiger charge is -2.32. The molecule has 1 rings (SSSR count). The standard InChI is InChI=1S/C15H29NO4/c1-11(2)16-15(4,14(17)18-5)9-12(3)20-10-13-7-6-8-19-13/h11-13,16H,6-10H2,1-5H3. The topological polar surface area (TPSA) is 56.8 Å². The van der Waals surface area contributed by atoms with Crippen LogP contribution in [0.4, 0.5) is 0 Å². The number of ether oxygens (including phenoxy) is 3. The Kier molecular flexibility index (Phi) is 6.92. The molecule has 1 N–H and O–H groups in total. The lowest BCUT2D eigenvalue weighted by atomic mass is 9.93. The van der Waals surface area contributed by atoms with Crippen LogP contribution in [0.3, 0.4) is 0 Å². The molecule has 1 fully saturated rings. The molecule has 1 heterocycles. The van der Waals surface area contributed by atoms with Crippen molar-refractivity contribution in [1.82, 2.24) is 5.32 Å². The van der Waals surface area contributed by atoms with E-state index in [0.717, 1.165) is 19.4 Å². The minimum atomic E-state index is -0.723. The van der Waals surface area contributed by atoms with Gasteiger partial charge in [0.2, 0.25) is 0 Å². The van der Waals surface area contributed by atoms with Crippen molar-refractivity contribution < 1.29 is 19.0 Å². The Balaban J connectivity index is 2.48. The van der Waals surface area contributed by atoms with Gasteiger partial charge in [-0.1, -0.05) is 0 Å². The normalized spacial score (nSPS) is 23.6. The van der Waals surface area contributed by atoms with Crippen molar-refractivity contribution in [3.8, 4) is 0 Å². The molecule has 0 aliphatic carbocycles. The Bertz CT molecular complexity index is 302. The number of hydrogen-bond acceptors (Lipinski definition) is 5. The van der Waals surface area contributed by atoms with E-state index in [0.29, 0.717) is 13.0 Å². The quantitative estimate of drug-likeness (QED) is 0.691. The molecule has 0 spiro atoms. The molecule has 1 saturated heterocycles. The third-order valence-corrected chi connectivity index (χ3v) is 3.53. The first-order valence-corrected chi connectivity index (χ1v) is 7.46. The number of methoxy groups -OCH3 is 1. The molecule has 1 aliphatic heterocycles. The molecule has 0 aromatic heterocycles. The van der Waals surface area contributed by atoms with Gasteiger partial charge in [0, 0.05) is 19.1 Å². The van der Waals surface area contributed by atoms with Crippen molar-refractivity contribution in [2.24, 2.45) is 0 Å². The summed E-state index contributed by atoms with van der Waals surface area (Å²) >= 11 is 0. The Labute approximate surface area is 122 Å². The highest BCUT2D eigenvalue weighted by molar-refractivity contribution is 5.80. The average Bonchev–Trinajstić information content (AvgIpc) is 2.87. The molecule has 0 radical (unpaired) electrons. The zero-order valence-electron chi connectivity index (χ0n) is 13.4. The van der Waals surface area contributed by atoms with Crippen molar-refractivity contribution >= 4 is 5.97 Å². The zero-order valence-corrected chi connectivity index (χ0v) is 13.4. The van der Waals surface area contributed by atoms with Gasteiger partial charge in [0.05, 0.1) is 25.9 Å². The molecule has 0 amide bonds. The van der Waals surface area contributed by atoms with Crippen LogP contribution >= 0.6 is 0 Å². The van der Waals surface area contributed by atoms with Crippen LogP contribution in [0.5, 0.6) is 0 Å². The van der Waals surface area contributed by atoms with Gasteiger partial charge in [-0.15, -0.1) is 0 Å². The lowest BCUT2D eigenvalue weighted by molar-refractivity contribution is -0.150. The van der Waals surface area contributed by atoms with Gasteiger partial charge in [0.25, 0.3) is 0 Å². The summed E-state index contributed by atoms with van der Waals surface area (Å²) in [6, 6.07) is 0.199. The fourth-order valence-corrected chi connectivity index (χ4v) is 2.74. The summed E-state index contributed by atoms with van der Waals surface area (Å²) < 4.78 is 16.3. The van der Waals surface area contributed by atoms with Gasteiger partial charge in [-0.05, 0) is 40.5 Å². The number of carbonyl (C=O) groups excluding carboxylic acids is 1. The van der Waals surface area contributed by atoms with Gasteiger partial charge >= 0.3 is 5.97 Å². The maximum atomic E-state index is 12.0. The van der Waals surface area contributed by atoms with Crippen molar-refractivity contribution in [1.29, 1.82) is 0 Å². The van der Waals surface area contributed by atoms with Crippen molar-refractivity contribution in [2.75, 3.05) is 20.3 Å². The molecular formula is C15H29NO4. The predicted molar refractivity (Wildman–Crippen MR) is 77.7 cm³/mol. The van der Waals surface area contributed by atoms with E-state index in [9.17, 15) is 4.79 Å². The second-order valence-corrected chi connectivity index (χ2v) is 6.11. The van der Waals surface area contributed by atoms with Gasteiger partial charge in [-0.25, -0.2) is 0 Å². The first-order valence-electron chi connectivity index (χ1n) is 7.46.